The summed E-state index contributed by atoms with van der Waals surface area (Å²) in [5.41, 5.74) is 2.89. The molecule has 0 saturated heterocycles. The van der Waals surface area contributed by atoms with Gasteiger partial charge in [0.15, 0.2) is 0 Å². The van der Waals surface area contributed by atoms with Gasteiger partial charge in [-0.1, -0.05) is 25.4 Å². The van der Waals surface area contributed by atoms with Crippen molar-refractivity contribution in [2.45, 2.75) is 53.5 Å². The minimum atomic E-state index is -0.467. The number of halogens is 1. The molecule has 27 heavy (non-hydrogen) atoms. The third kappa shape index (κ3) is 5.82. The number of hydrogen-bond acceptors (Lipinski definition) is 3. The summed E-state index contributed by atoms with van der Waals surface area (Å²) in [5, 5.41) is 10.4. The zero-order chi connectivity index (χ0) is 20.1. The molecule has 2 aromatic rings. The standard InChI is InChI=1S/C20H27ClN4O2/c1-12(2)6-9-19(26)22-16-7-8-18(17(21)11-16)23-20(27)15(5)25-14(4)10-13(3)24-25/h7-8,10-12,15H,6,9H2,1-5H3,(H,22,26)(H,23,27). The summed E-state index contributed by atoms with van der Waals surface area (Å²) in [5.74, 6) is 0.215. The maximum Gasteiger partial charge on any atom is 0.248 e. The first-order valence-corrected chi connectivity index (χ1v) is 9.48. The summed E-state index contributed by atoms with van der Waals surface area (Å²) in [6.45, 7) is 9.74. The fourth-order valence-corrected chi connectivity index (χ4v) is 2.95. The van der Waals surface area contributed by atoms with Crippen molar-refractivity contribution in [3.63, 3.8) is 0 Å². The Bertz CT molecular complexity index is 829. The van der Waals surface area contributed by atoms with E-state index in [-0.39, 0.29) is 11.8 Å². The van der Waals surface area contributed by atoms with Crippen LogP contribution in [0, 0.1) is 19.8 Å². The molecule has 1 aromatic heterocycles. The second-order valence-electron chi connectivity index (χ2n) is 7.21. The summed E-state index contributed by atoms with van der Waals surface area (Å²) in [7, 11) is 0. The van der Waals surface area contributed by atoms with Crippen LogP contribution in [-0.4, -0.2) is 21.6 Å². The Morgan fingerprint density at radius 2 is 1.85 bits per heavy atom. The number of rotatable bonds is 7. The molecule has 1 unspecified atom stereocenters. The highest BCUT2D eigenvalue weighted by Crippen LogP contribution is 2.27. The van der Waals surface area contributed by atoms with Crippen LogP contribution >= 0.6 is 11.6 Å². The first-order chi connectivity index (χ1) is 12.7. The van der Waals surface area contributed by atoms with Gasteiger partial charge in [0.1, 0.15) is 6.04 Å². The van der Waals surface area contributed by atoms with Gasteiger partial charge in [0.2, 0.25) is 11.8 Å². The highest BCUT2D eigenvalue weighted by atomic mass is 35.5. The fourth-order valence-electron chi connectivity index (χ4n) is 2.72. The van der Waals surface area contributed by atoms with Gasteiger partial charge in [0, 0.05) is 17.8 Å². The van der Waals surface area contributed by atoms with Crippen LogP contribution in [0.4, 0.5) is 11.4 Å². The van der Waals surface area contributed by atoms with E-state index in [1.165, 1.54) is 0 Å². The molecule has 2 rings (SSSR count). The Balaban J connectivity index is 2.02. The zero-order valence-electron chi connectivity index (χ0n) is 16.5. The lowest BCUT2D eigenvalue weighted by molar-refractivity contribution is -0.119. The minimum absolute atomic E-state index is 0.0466. The Morgan fingerprint density at radius 1 is 1.15 bits per heavy atom. The van der Waals surface area contributed by atoms with Crippen molar-refractivity contribution in [3.8, 4) is 0 Å². The summed E-state index contributed by atoms with van der Waals surface area (Å²) >= 11 is 6.28. The molecule has 0 saturated carbocycles. The lowest BCUT2D eigenvalue weighted by atomic mass is 10.1. The number of aryl methyl sites for hydroxylation is 2. The summed E-state index contributed by atoms with van der Waals surface area (Å²) in [4.78, 5) is 24.5. The minimum Gasteiger partial charge on any atom is -0.326 e. The normalized spacial score (nSPS) is 12.1. The maximum atomic E-state index is 12.5. The van der Waals surface area contributed by atoms with Crippen LogP contribution in [0.2, 0.25) is 5.02 Å². The largest absolute Gasteiger partial charge is 0.326 e. The van der Waals surface area contributed by atoms with Crippen LogP contribution in [0.15, 0.2) is 24.3 Å². The molecule has 7 heteroatoms. The van der Waals surface area contributed by atoms with Crippen molar-refractivity contribution in [1.82, 2.24) is 9.78 Å². The Hall–Kier alpha value is -2.34. The molecule has 0 radical (unpaired) electrons. The van der Waals surface area contributed by atoms with Gasteiger partial charge in [-0.15, -0.1) is 0 Å². The average Bonchev–Trinajstić information content (AvgIpc) is 2.93. The van der Waals surface area contributed by atoms with Crippen LogP contribution in [-0.2, 0) is 9.59 Å². The smallest absolute Gasteiger partial charge is 0.248 e. The van der Waals surface area contributed by atoms with Gasteiger partial charge in [-0.3, -0.25) is 14.3 Å². The lowest BCUT2D eigenvalue weighted by Gasteiger charge is -2.16. The molecule has 0 aliphatic heterocycles. The van der Waals surface area contributed by atoms with Crippen molar-refractivity contribution in [2.75, 3.05) is 10.6 Å². The summed E-state index contributed by atoms with van der Waals surface area (Å²) < 4.78 is 1.68. The summed E-state index contributed by atoms with van der Waals surface area (Å²) in [6, 6.07) is 6.51. The third-order valence-corrected chi connectivity index (χ3v) is 4.56. The van der Waals surface area contributed by atoms with Crippen molar-refractivity contribution in [2.24, 2.45) is 5.92 Å². The van der Waals surface area contributed by atoms with E-state index in [4.69, 9.17) is 11.6 Å². The number of carbonyl (C=O) groups is 2. The molecular weight excluding hydrogens is 364 g/mol. The molecule has 0 bridgehead atoms. The van der Waals surface area contributed by atoms with Crippen LogP contribution in [0.1, 0.15) is 51.0 Å². The van der Waals surface area contributed by atoms with E-state index in [9.17, 15) is 9.59 Å². The molecule has 0 fully saturated rings. The van der Waals surface area contributed by atoms with E-state index in [0.717, 1.165) is 17.8 Å². The van der Waals surface area contributed by atoms with Crippen LogP contribution in [0.3, 0.4) is 0 Å². The van der Waals surface area contributed by atoms with Gasteiger partial charge in [0.25, 0.3) is 0 Å². The van der Waals surface area contributed by atoms with Crippen molar-refractivity contribution < 1.29 is 9.59 Å². The number of hydrogen-bond donors (Lipinski definition) is 2. The van der Waals surface area contributed by atoms with Crippen LogP contribution in [0.25, 0.3) is 0 Å². The average molecular weight is 391 g/mol. The molecule has 2 amide bonds. The summed E-state index contributed by atoms with van der Waals surface area (Å²) in [6.07, 6.45) is 1.30. The number of amides is 2. The molecule has 2 N–H and O–H groups in total. The van der Waals surface area contributed by atoms with Crippen LogP contribution in [0.5, 0.6) is 0 Å². The first-order valence-electron chi connectivity index (χ1n) is 9.10. The second kappa shape index (κ2) is 9.04. The molecule has 6 nitrogen and oxygen atoms in total. The number of nitrogens with zero attached hydrogens (tertiary/aromatic N) is 2. The number of aromatic nitrogens is 2. The molecular formula is C20H27ClN4O2. The number of benzene rings is 1. The Morgan fingerprint density at radius 3 is 2.41 bits per heavy atom. The van der Waals surface area contributed by atoms with Crippen molar-refractivity contribution in [1.29, 1.82) is 0 Å². The molecule has 0 spiro atoms. The van der Waals surface area contributed by atoms with E-state index < -0.39 is 6.04 Å². The van der Waals surface area contributed by atoms with Crippen LogP contribution < -0.4 is 10.6 Å². The molecule has 1 aromatic carbocycles. The number of anilines is 2. The molecule has 0 aliphatic rings. The van der Waals surface area contributed by atoms with Gasteiger partial charge in [-0.25, -0.2) is 0 Å². The van der Waals surface area contributed by atoms with Gasteiger partial charge in [-0.05, 0) is 57.4 Å². The van der Waals surface area contributed by atoms with Crippen molar-refractivity contribution >= 4 is 34.8 Å². The van der Waals surface area contributed by atoms with Gasteiger partial charge < -0.3 is 10.6 Å². The highest BCUT2D eigenvalue weighted by Gasteiger charge is 2.19. The van der Waals surface area contributed by atoms with E-state index in [0.29, 0.717) is 28.7 Å². The molecule has 1 atom stereocenters. The van der Waals surface area contributed by atoms with E-state index in [1.54, 1.807) is 29.8 Å². The predicted octanol–water partition coefficient (Wildman–Crippen LogP) is 4.73. The van der Waals surface area contributed by atoms with E-state index in [2.05, 4.69) is 29.6 Å². The first kappa shape index (κ1) is 21.0. The third-order valence-electron chi connectivity index (χ3n) is 4.25. The van der Waals surface area contributed by atoms with Crippen molar-refractivity contribution in [3.05, 3.63) is 40.7 Å². The molecule has 1 heterocycles. The van der Waals surface area contributed by atoms with Gasteiger partial charge >= 0.3 is 0 Å². The monoisotopic (exact) mass is 390 g/mol. The lowest BCUT2D eigenvalue weighted by Crippen LogP contribution is -2.25. The Labute approximate surface area is 165 Å². The fraction of sp³-hybridized carbons (Fsp3) is 0.450. The molecule has 146 valence electrons. The number of nitrogens with one attached hydrogen (secondary N) is 2. The maximum absolute atomic E-state index is 12.5. The predicted molar refractivity (Wildman–Crippen MR) is 109 cm³/mol. The van der Waals surface area contributed by atoms with E-state index >= 15 is 0 Å². The quantitative estimate of drug-likeness (QED) is 0.717. The van der Waals surface area contributed by atoms with E-state index in [1.807, 2.05) is 19.9 Å². The zero-order valence-corrected chi connectivity index (χ0v) is 17.2. The number of carbonyl (C=O) groups excluding carboxylic acids is 2. The van der Waals surface area contributed by atoms with Gasteiger partial charge in [0.05, 0.1) is 16.4 Å². The molecule has 0 aliphatic carbocycles. The second-order valence-corrected chi connectivity index (χ2v) is 7.62. The Kier molecular flexibility index (Phi) is 7.02. The SMILES string of the molecule is Cc1cc(C)n(C(C)C(=O)Nc2ccc(NC(=O)CCC(C)C)cc2Cl)n1. The topological polar surface area (TPSA) is 76.0 Å². The highest BCUT2D eigenvalue weighted by molar-refractivity contribution is 6.34. The van der Waals surface area contributed by atoms with Gasteiger partial charge in [-0.2, -0.15) is 5.10 Å².